The molecule has 0 saturated heterocycles. The molecule has 5 heteroatoms. The standard InChI is InChI=1S/C16H13FN2OS/c17-11-5-3-4-10(8-11)9-19-16(20)15-14(18)12-6-1-2-7-13(12)21-15/h1-8H,9,18H2,(H,19,20). The number of hydrogen-bond acceptors (Lipinski definition) is 3. The number of amides is 1. The van der Waals surface area contributed by atoms with Crippen molar-refractivity contribution in [3.05, 3.63) is 64.8 Å². The van der Waals surface area contributed by atoms with E-state index in [9.17, 15) is 9.18 Å². The van der Waals surface area contributed by atoms with E-state index in [-0.39, 0.29) is 18.3 Å². The van der Waals surface area contributed by atoms with Crippen LogP contribution in [0.3, 0.4) is 0 Å². The third kappa shape index (κ3) is 2.73. The van der Waals surface area contributed by atoms with Gasteiger partial charge in [-0.25, -0.2) is 4.39 Å². The van der Waals surface area contributed by atoms with E-state index < -0.39 is 0 Å². The molecule has 3 nitrogen and oxygen atoms in total. The van der Waals surface area contributed by atoms with Gasteiger partial charge < -0.3 is 11.1 Å². The minimum atomic E-state index is -0.317. The Kier molecular flexibility index (Phi) is 3.58. The largest absolute Gasteiger partial charge is 0.397 e. The average molecular weight is 300 g/mol. The highest BCUT2D eigenvalue weighted by molar-refractivity contribution is 7.21. The number of nitrogen functional groups attached to an aromatic ring is 1. The Balaban J connectivity index is 1.79. The van der Waals surface area contributed by atoms with Crippen LogP contribution >= 0.6 is 11.3 Å². The lowest BCUT2D eigenvalue weighted by Gasteiger charge is -2.04. The van der Waals surface area contributed by atoms with Crippen molar-refractivity contribution >= 4 is 33.0 Å². The van der Waals surface area contributed by atoms with E-state index in [4.69, 9.17) is 5.73 Å². The number of rotatable bonds is 3. The zero-order valence-electron chi connectivity index (χ0n) is 11.1. The average Bonchev–Trinajstić information content (AvgIpc) is 2.83. The molecule has 0 aliphatic rings. The van der Waals surface area contributed by atoms with Gasteiger partial charge in [-0.2, -0.15) is 0 Å². The highest BCUT2D eigenvalue weighted by Gasteiger charge is 2.15. The Morgan fingerprint density at radius 2 is 2.00 bits per heavy atom. The smallest absolute Gasteiger partial charge is 0.263 e. The lowest BCUT2D eigenvalue weighted by atomic mass is 10.2. The number of carbonyl (C=O) groups is 1. The Hall–Kier alpha value is -2.40. The minimum Gasteiger partial charge on any atom is -0.397 e. The van der Waals surface area contributed by atoms with Gasteiger partial charge >= 0.3 is 0 Å². The number of thiophene rings is 1. The fourth-order valence-corrected chi connectivity index (χ4v) is 3.18. The van der Waals surface area contributed by atoms with Crippen molar-refractivity contribution in [1.29, 1.82) is 0 Å². The lowest BCUT2D eigenvalue weighted by Crippen LogP contribution is -2.22. The molecule has 0 aliphatic carbocycles. The molecular weight excluding hydrogens is 287 g/mol. The van der Waals surface area contributed by atoms with Crippen LogP contribution in [-0.2, 0) is 6.54 Å². The van der Waals surface area contributed by atoms with Gasteiger partial charge in [-0.05, 0) is 23.8 Å². The van der Waals surface area contributed by atoms with Crippen molar-refractivity contribution in [2.45, 2.75) is 6.54 Å². The van der Waals surface area contributed by atoms with Gasteiger partial charge in [0.05, 0.1) is 5.69 Å². The second-order valence-electron chi connectivity index (χ2n) is 4.65. The second-order valence-corrected chi connectivity index (χ2v) is 5.71. The summed E-state index contributed by atoms with van der Waals surface area (Å²) in [5, 5.41) is 3.66. The quantitative estimate of drug-likeness (QED) is 0.777. The number of nitrogens with two attached hydrogens (primary N) is 1. The maximum absolute atomic E-state index is 13.1. The molecule has 1 amide bonds. The predicted molar refractivity (Wildman–Crippen MR) is 83.8 cm³/mol. The molecule has 1 aromatic heterocycles. The first kappa shape index (κ1) is 13.6. The fraction of sp³-hybridized carbons (Fsp3) is 0.0625. The summed E-state index contributed by atoms with van der Waals surface area (Å²) >= 11 is 1.36. The van der Waals surface area contributed by atoms with Crippen molar-refractivity contribution in [1.82, 2.24) is 5.32 Å². The summed E-state index contributed by atoms with van der Waals surface area (Å²) in [6, 6.07) is 13.8. The number of nitrogens with one attached hydrogen (secondary N) is 1. The summed E-state index contributed by atoms with van der Waals surface area (Å²) in [5.74, 6) is -0.555. The number of benzene rings is 2. The molecule has 3 aromatic rings. The van der Waals surface area contributed by atoms with Crippen LogP contribution in [0.15, 0.2) is 48.5 Å². The molecule has 106 valence electrons. The van der Waals surface area contributed by atoms with Gasteiger partial charge in [-0.1, -0.05) is 30.3 Å². The fourth-order valence-electron chi connectivity index (χ4n) is 2.14. The number of carbonyl (C=O) groups excluding carboxylic acids is 1. The summed E-state index contributed by atoms with van der Waals surface area (Å²) in [4.78, 5) is 12.7. The van der Waals surface area contributed by atoms with Crippen molar-refractivity contribution < 1.29 is 9.18 Å². The molecule has 0 atom stereocenters. The van der Waals surface area contributed by atoms with Crippen LogP contribution in [0.2, 0.25) is 0 Å². The molecule has 0 spiro atoms. The molecule has 0 bridgehead atoms. The highest BCUT2D eigenvalue weighted by Crippen LogP contribution is 2.33. The first-order valence-corrected chi connectivity index (χ1v) is 7.26. The zero-order valence-corrected chi connectivity index (χ0v) is 11.9. The van der Waals surface area contributed by atoms with Gasteiger partial charge in [0.25, 0.3) is 5.91 Å². The molecule has 2 aromatic carbocycles. The van der Waals surface area contributed by atoms with E-state index in [1.54, 1.807) is 12.1 Å². The molecule has 3 N–H and O–H groups in total. The van der Waals surface area contributed by atoms with Crippen molar-refractivity contribution in [2.75, 3.05) is 5.73 Å². The Morgan fingerprint density at radius 3 is 2.76 bits per heavy atom. The van der Waals surface area contributed by atoms with E-state index in [2.05, 4.69) is 5.32 Å². The van der Waals surface area contributed by atoms with Crippen molar-refractivity contribution in [2.24, 2.45) is 0 Å². The maximum Gasteiger partial charge on any atom is 0.263 e. The summed E-state index contributed by atoms with van der Waals surface area (Å²) in [5.41, 5.74) is 7.23. The van der Waals surface area contributed by atoms with E-state index in [1.165, 1.54) is 23.5 Å². The van der Waals surface area contributed by atoms with Gasteiger partial charge in [0, 0.05) is 16.6 Å². The van der Waals surface area contributed by atoms with Crippen LogP contribution in [0.1, 0.15) is 15.2 Å². The van der Waals surface area contributed by atoms with Gasteiger partial charge in [0.15, 0.2) is 0 Å². The molecule has 0 radical (unpaired) electrons. The molecule has 0 unspecified atom stereocenters. The molecule has 0 aliphatic heterocycles. The van der Waals surface area contributed by atoms with Crippen molar-refractivity contribution in [3.8, 4) is 0 Å². The van der Waals surface area contributed by atoms with E-state index in [1.807, 2.05) is 24.3 Å². The molecule has 1 heterocycles. The summed E-state index contributed by atoms with van der Waals surface area (Å²) in [6.07, 6.45) is 0. The molecule has 0 fully saturated rings. The highest BCUT2D eigenvalue weighted by atomic mass is 32.1. The predicted octanol–water partition coefficient (Wildman–Crippen LogP) is 3.55. The molecule has 0 saturated carbocycles. The number of halogens is 1. The summed E-state index contributed by atoms with van der Waals surface area (Å²) in [6.45, 7) is 0.268. The van der Waals surface area contributed by atoms with E-state index in [0.29, 0.717) is 16.1 Å². The summed E-state index contributed by atoms with van der Waals surface area (Å²) < 4.78 is 14.1. The molecular formula is C16H13FN2OS. The van der Waals surface area contributed by atoms with Crippen LogP contribution in [0.4, 0.5) is 10.1 Å². The Bertz CT molecular complexity index is 813. The maximum atomic E-state index is 13.1. The van der Waals surface area contributed by atoms with Gasteiger partial charge in [-0.15, -0.1) is 11.3 Å². The third-order valence-electron chi connectivity index (χ3n) is 3.18. The van der Waals surface area contributed by atoms with Crippen LogP contribution in [-0.4, -0.2) is 5.91 Å². The molecule has 21 heavy (non-hydrogen) atoms. The van der Waals surface area contributed by atoms with Crippen molar-refractivity contribution in [3.63, 3.8) is 0 Å². The van der Waals surface area contributed by atoms with Gasteiger partial charge in [-0.3, -0.25) is 4.79 Å². The zero-order chi connectivity index (χ0) is 14.8. The number of anilines is 1. The topological polar surface area (TPSA) is 55.1 Å². The monoisotopic (exact) mass is 300 g/mol. The Morgan fingerprint density at radius 1 is 1.19 bits per heavy atom. The first-order valence-electron chi connectivity index (χ1n) is 6.45. The molecule has 3 rings (SSSR count). The van der Waals surface area contributed by atoms with Crippen LogP contribution in [0.25, 0.3) is 10.1 Å². The van der Waals surface area contributed by atoms with E-state index in [0.717, 1.165) is 10.1 Å². The third-order valence-corrected chi connectivity index (χ3v) is 4.37. The first-order chi connectivity index (χ1) is 10.1. The van der Waals surface area contributed by atoms with Gasteiger partial charge in [0.2, 0.25) is 0 Å². The normalized spacial score (nSPS) is 10.7. The summed E-state index contributed by atoms with van der Waals surface area (Å²) in [7, 11) is 0. The minimum absolute atomic E-state index is 0.238. The van der Waals surface area contributed by atoms with Gasteiger partial charge in [0.1, 0.15) is 10.7 Å². The van der Waals surface area contributed by atoms with Crippen LogP contribution in [0, 0.1) is 5.82 Å². The van der Waals surface area contributed by atoms with E-state index >= 15 is 0 Å². The lowest BCUT2D eigenvalue weighted by molar-refractivity contribution is 0.0956. The van der Waals surface area contributed by atoms with Crippen LogP contribution < -0.4 is 11.1 Å². The number of hydrogen-bond donors (Lipinski definition) is 2. The van der Waals surface area contributed by atoms with Crippen LogP contribution in [0.5, 0.6) is 0 Å². The second kappa shape index (κ2) is 5.54. The number of fused-ring (bicyclic) bond motifs is 1. The Labute approximate surface area is 125 Å². The SMILES string of the molecule is Nc1c(C(=O)NCc2cccc(F)c2)sc2ccccc12.